The molecule has 21 rings (SSSR count). The average Bonchev–Trinajstić information content (AvgIpc) is 1.41. The number of hydrogen-bond donors (Lipinski definition) is 1. The molecule has 0 fully saturated rings. The molecule has 19 aromatic rings. The van der Waals surface area contributed by atoms with E-state index < -0.39 is 30.9 Å². The summed E-state index contributed by atoms with van der Waals surface area (Å²) in [5.74, 6) is 0. The van der Waals surface area contributed by atoms with Crippen molar-refractivity contribution in [3.8, 4) is 72.7 Å². The van der Waals surface area contributed by atoms with Gasteiger partial charge in [0.05, 0.1) is 55.3 Å². The number of nitrogens with one attached hydrogen (secondary N) is 1. The van der Waals surface area contributed by atoms with Crippen molar-refractivity contribution in [1.29, 1.82) is 0 Å². The summed E-state index contributed by atoms with van der Waals surface area (Å²) in [6.07, 6.45) is 0. The minimum Gasteiger partial charge on any atom is -0.354 e. The molecule has 15 aromatic carbocycles. The van der Waals surface area contributed by atoms with Gasteiger partial charge in [-0.2, -0.15) is 0 Å². The van der Waals surface area contributed by atoms with Crippen molar-refractivity contribution in [1.82, 2.24) is 18.7 Å². The van der Waals surface area contributed by atoms with Crippen molar-refractivity contribution >= 4 is 127 Å². The molecule has 0 bridgehead atoms. The number of para-hydroxylation sites is 3. The lowest BCUT2D eigenvalue weighted by Crippen LogP contribution is -2.60. The van der Waals surface area contributed by atoms with Crippen molar-refractivity contribution in [2.45, 2.75) is 105 Å². The fourth-order valence-corrected chi connectivity index (χ4v) is 18.5. The Kier molecular flexibility index (Phi) is 12.9. The summed E-state index contributed by atoms with van der Waals surface area (Å²) < 4.78 is 81.8. The number of hydrogen-bond acceptors (Lipinski definition) is 1. The summed E-state index contributed by atoms with van der Waals surface area (Å²) in [7, 11) is 0. The summed E-state index contributed by atoms with van der Waals surface area (Å²) in [6, 6.07) is 93.2. The second-order valence-electron chi connectivity index (χ2n) is 35.2. The first-order valence-corrected chi connectivity index (χ1v) is 39.3. The number of anilines is 3. The Labute approximate surface area is 667 Å². The van der Waals surface area contributed by atoms with Gasteiger partial charge in [0.25, 0.3) is 6.71 Å². The van der Waals surface area contributed by atoms with E-state index >= 15 is 0 Å². The van der Waals surface area contributed by atoms with Crippen molar-refractivity contribution in [2.75, 3.05) is 4.90 Å². The van der Waals surface area contributed by atoms with Gasteiger partial charge in [-0.25, -0.2) is 0 Å². The van der Waals surface area contributed by atoms with Crippen LogP contribution in [0.1, 0.15) is 116 Å². The van der Waals surface area contributed by atoms with Crippen LogP contribution in [-0.4, -0.2) is 25.4 Å². The molecule has 0 unspecified atom stereocenters. The van der Waals surface area contributed by atoms with E-state index in [4.69, 9.17) is 2.74 Å². The Morgan fingerprint density at radius 2 is 0.795 bits per heavy atom. The minimum atomic E-state index is -0.491. The van der Waals surface area contributed by atoms with Gasteiger partial charge >= 0.3 is 0 Å². The lowest BCUT2D eigenvalue weighted by Gasteiger charge is -2.41. The van der Waals surface area contributed by atoms with Crippen LogP contribution in [0.5, 0.6) is 0 Å². The highest BCUT2D eigenvalue weighted by molar-refractivity contribution is 7.00. The fourth-order valence-electron chi connectivity index (χ4n) is 18.5. The van der Waals surface area contributed by atoms with Crippen LogP contribution in [-0.2, 0) is 21.7 Å². The molecule has 0 radical (unpaired) electrons. The molecule has 540 valence electrons. The molecular weight excluding hydrogens is 1350 g/mol. The van der Waals surface area contributed by atoms with E-state index in [1.807, 2.05) is 6.07 Å². The number of aromatic amines is 1. The molecular formula is C106H88BN5. The molecule has 112 heavy (non-hydrogen) atoms. The molecule has 0 atom stereocenters. The van der Waals surface area contributed by atoms with Crippen molar-refractivity contribution in [3.05, 3.63) is 331 Å². The summed E-state index contributed by atoms with van der Waals surface area (Å²) in [5, 5.41) is 6.21. The Morgan fingerprint density at radius 3 is 1.41 bits per heavy atom. The van der Waals surface area contributed by atoms with Crippen LogP contribution in [0, 0.1) is 0 Å². The van der Waals surface area contributed by atoms with Crippen LogP contribution in [0.3, 0.4) is 0 Å². The highest BCUT2D eigenvalue weighted by Gasteiger charge is 2.45. The molecule has 0 spiro atoms. The fraction of sp³-hybridized carbons (Fsp3) is 0.151. The van der Waals surface area contributed by atoms with Gasteiger partial charge in [-0.15, -0.1) is 0 Å². The molecule has 5 nitrogen and oxygen atoms in total. The molecule has 0 aliphatic carbocycles. The van der Waals surface area contributed by atoms with Crippen LogP contribution in [0.15, 0.2) is 309 Å². The van der Waals surface area contributed by atoms with E-state index in [2.05, 4.69) is 357 Å². The third kappa shape index (κ3) is 10.4. The second-order valence-corrected chi connectivity index (χ2v) is 35.2. The molecule has 1 N–H and O–H groups in total. The Hall–Kier alpha value is -12.6. The van der Waals surface area contributed by atoms with Gasteiger partial charge in [0.1, 0.15) is 0 Å². The smallest absolute Gasteiger partial charge is 0.252 e. The quantitative estimate of drug-likeness (QED) is 0.151. The highest BCUT2D eigenvalue weighted by Crippen LogP contribution is 2.52. The first-order valence-electron chi connectivity index (χ1n) is 43.3. The van der Waals surface area contributed by atoms with Crippen molar-refractivity contribution in [3.63, 3.8) is 0 Å². The van der Waals surface area contributed by atoms with Crippen LogP contribution < -0.4 is 21.3 Å². The van der Waals surface area contributed by atoms with Gasteiger partial charge in [0.2, 0.25) is 0 Å². The summed E-state index contributed by atoms with van der Waals surface area (Å²) in [4.78, 5) is 6.82. The normalized spacial score (nSPS) is 14.1. The lowest BCUT2D eigenvalue weighted by atomic mass is 9.33. The Balaban J connectivity index is 0.937. The monoisotopic (exact) mass is 1450 g/mol. The number of nitrogens with zero attached hydrogens (tertiary/aromatic N) is 4. The standard InChI is InChI=1S/C106H88BN5/c1-103(2,3)69-45-51-93-84(58-69)85-59-70(104(4,5)6)46-52-94(85)110(93)75-61-87-86-60-74(109-91-40-25-23-36-80(91)81-37-24-26-41-92(81)109)49-53-95(86)112-97-63-90-98(83-39-27-38-82(100(83)108-90)79-35-22-21-34-78(79)77-33-20-19-32-76(77)66-30-17-14-18-31-66)102-99(97)107(89(62-75)101(87)112)88-50-44-67(68-54-71(105(7,8)9)57-72(55-68)106(10,11)12)56-96(88)111(102)73-47-42-65(43-48-73)64-28-15-13-16-29-64/h13-63,108H,1-12H3/i23D,24D,25D,26D,36D,37D,40D,41D. The molecule has 4 aromatic heterocycles. The van der Waals surface area contributed by atoms with E-state index in [-0.39, 0.29) is 67.6 Å². The molecule has 6 heteroatoms. The predicted octanol–water partition coefficient (Wildman–Crippen LogP) is 26.8. The van der Waals surface area contributed by atoms with E-state index in [9.17, 15) is 8.22 Å². The molecule has 6 heterocycles. The Morgan fingerprint density at radius 1 is 0.304 bits per heavy atom. The highest BCUT2D eigenvalue weighted by atomic mass is 15.2. The molecule has 0 saturated carbocycles. The first kappa shape index (κ1) is 59.3. The number of fused-ring (bicyclic) bond motifs is 17. The zero-order valence-electron chi connectivity index (χ0n) is 73.2. The van der Waals surface area contributed by atoms with Crippen LogP contribution in [0.4, 0.5) is 17.1 Å². The maximum absolute atomic E-state index is 9.78. The van der Waals surface area contributed by atoms with Crippen molar-refractivity contribution < 1.29 is 11.0 Å². The Bertz CT molecular complexity index is 7490. The van der Waals surface area contributed by atoms with E-state index in [1.54, 1.807) is 4.57 Å². The molecule has 2 aliphatic heterocycles. The number of rotatable bonds is 8. The lowest BCUT2D eigenvalue weighted by molar-refractivity contribution is 0.569. The van der Waals surface area contributed by atoms with E-state index in [1.165, 1.54) is 22.3 Å². The molecule has 0 saturated heterocycles. The van der Waals surface area contributed by atoms with E-state index in [0.29, 0.717) is 5.69 Å². The van der Waals surface area contributed by atoms with Crippen LogP contribution >= 0.6 is 0 Å². The van der Waals surface area contributed by atoms with Crippen LogP contribution in [0.2, 0.25) is 0 Å². The summed E-state index contributed by atoms with van der Waals surface area (Å²) in [5.41, 5.74) is 30.1. The number of benzene rings is 15. The second kappa shape index (κ2) is 24.4. The SMILES string of the molecule is [2H]c1c([2H])c([2H])c2c(c1[2H])c1c([2H])c([2H])c([2H])c([2H])c1n2-c1ccc2c(c1)c1cc(-n3c4ccc(C(C)(C)C)cc4c4cc(C(C)(C)C)ccc43)cc3c1n2-c1cc2[nH]c4c(-c5ccccc5-c5ccccc5-c5ccccc5)cccc4c2c2c1B3c1ccc(-c3cc(C(C)(C)C)cc(C(C)(C)C)c3)cc1N2c1ccc(-c2ccccc2)cc1. The number of aromatic nitrogens is 4. The summed E-state index contributed by atoms with van der Waals surface area (Å²) >= 11 is 0. The topological polar surface area (TPSA) is 33.8 Å². The minimum absolute atomic E-state index is 0.0231. The zero-order chi connectivity index (χ0) is 83.1. The maximum Gasteiger partial charge on any atom is 0.252 e. The van der Waals surface area contributed by atoms with Gasteiger partial charge in [-0.05, 0) is 201 Å². The van der Waals surface area contributed by atoms with Gasteiger partial charge < -0.3 is 23.6 Å². The zero-order valence-corrected chi connectivity index (χ0v) is 65.2. The largest absolute Gasteiger partial charge is 0.354 e. The third-order valence-corrected chi connectivity index (χ3v) is 24.2. The predicted molar refractivity (Wildman–Crippen MR) is 480 cm³/mol. The van der Waals surface area contributed by atoms with Crippen LogP contribution in [0.25, 0.3) is 160 Å². The van der Waals surface area contributed by atoms with Gasteiger partial charge in [0, 0.05) is 82.6 Å². The van der Waals surface area contributed by atoms with Gasteiger partial charge in [-0.3, -0.25) is 0 Å². The number of H-pyrrole nitrogens is 1. The third-order valence-electron chi connectivity index (χ3n) is 24.2. The molecule has 2 aliphatic rings. The van der Waals surface area contributed by atoms with E-state index in [0.717, 1.165) is 166 Å². The van der Waals surface area contributed by atoms with Gasteiger partial charge in [0.15, 0.2) is 0 Å². The maximum atomic E-state index is 9.78. The first-order chi connectivity index (χ1) is 57.4. The summed E-state index contributed by atoms with van der Waals surface area (Å²) in [6.45, 7) is 27.1. The molecule has 0 amide bonds. The average molecular weight is 1450 g/mol. The van der Waals surface area contributed by atoms with Crippen molar-refractivity contribution in [2.24, 2.45) is 0 Å². The van der Waals surface area contributed by atoms with Gasteiger partial charge in [-0.1, -0.05) is 301 Å².